The molecular formula is C15H18NO+. The number of benzene rings is 1. The van der Waals surface area contributed by atoms with Crippen LogP contribution in [0.3, 0.4) is 0 Å². The summed E-state index contributed by atoms with van der Waals surface area (Å²) in [5.41, 5.74) is 2.75. The fourth-order valence-corrected chi connectivity index (χ4v) is 2.35. The molecule has 1 aromatic carbocycles. The van der Waals surface area contributed by atoms with Gasteiger partial charge in [-0.25, -0.2) is 4.58 Å². The second-order valence-electron chi connectivity index (χ2n) is 4.79. The topological polar surface area (TPSA) is 12.2 Å². The Morgan fingerprint density at radius 2 is 1.94 bits per heavy atom. The summed E-state index contributed by atoms with van der Waals surface area (Å²) in [7, 11) is 1.70. The van der Waals surface area contributed by atoms with Crippen LogP contribution in [0.2, 0.25) is 0 Å². The van der Waals surface area contributed by atoms with Crippen LogP contribution in [0.25, 0.3) is 5.57 Å². The van der Waals surface area contributed by atoms with Crippen LogP contribution < -0.4 is 4.74 Å². The highest BCUT2D eigenvalue weighted by molar-refractivity contribution is 5.83. The van der Waals surface area contributed by atoms with Crippen LogP contribution in [0.15, 0.2) is 30.3 Å². The first-order chi connectivity index (χ1) is 8.36. The lowest BCUT2D eigenvalue weighted by molar-refractivity contribution is -0.536. The Kier molecular flexibility index (Phi) is 2.71. The van der Waals surface area contributed by atoms with Gasteiger partial charge in [0.25, 0.3) is 0 Å². The zero-order chi connectivity index (χ0) is 11.7. The molecule has 88 valence electrons. The third-order valence-corrected chi connectivity index (χ3v) is 3.58. The normalized spacial score (nSPS) is 19.6. The van der Waals surface area contributed by atoms with Gasteiger partial charge in [-0.1, -0.05) is 12.1 Å². The van der Waals surface area contributed by atoms with Crippen molar-refractivity contribution in [2.24, 2.45) is 0 Å². The van der Waals surface area contributed by atoms with E-state index in [9.17, 15) is 0 Å². The number of hydrogen-bond donors (Lipinski definition) is 0. The van der Waals surface area contributed by atoms with Crippen LogP contribution in [0.5, 0.6) is 5.75 Å². The van der Waals surface area contributed by atoms with Crippen molar-refractivity contribution < 1.29 is 9.31 Å². The average molecular weight is 228 g/mol. The number of hydrogen-bond acceptors (Lipinski definition) is 1. The molecule has 0 bridgehead atoms. The quantitative estimate of drug-likeness (QED) is 0.725. The standard InChI is InChI=1S/C15H18NO/c1-17-15-6-2-12(3-7-15)13-8-10-16(11-9-13)14-4-5-14/h2-3,6-8,10,14H,4-5,9,11H2,1H3/q+1. The molecule has 3 rings (SSSR count). The predicted octanol–water partition coefficient (Wildman–Crippen LogP) is 2.73. The van der Waals surface area contributed by atoms with E-state index in [1.165, 1.54) is 30.5 Å². The summed E-state index contributed by atoms with van der Waals surface area (Å²) in [6.07, 6.45) is 8.44. The summed E-state index contributed by atoms with van der Waals surface area (Å²) in [5.74, 6) is 0.925. The molecule has 0 radical (unpaired) electrons. The average Bonchev–Trinajstić information content (AvgIpc) is 3.24. The Morgan fingerprint density at radius 1 is 1.18 bits per heavy atom. The predicted molar refractivity (Wildman–Crippen MR) is 69.8 cm³/mol. The SMILES string of the molecule is COc1ccc(C2=CC=[N+](C3CC3)CC2)cc1. The molecule has 0 spiro atoms. The van der Waals surface area contributed by atoms with Crippen molar-refractivity contribution >= 4 is 11.8 Å². The number of rotatable bonds is 3. The lowest BCUT2D eigenvalue weighted by Gasteiger charge is -2.11. The van der Waals surface area contributed by atoms with Crippen molar-refractivity contribution in [3.8, 4) is 5.75 Å². The minimum absolute atomic E-state index is 0.837. The largest absolute Gasteiger partial charge is 0.497 e. The van der Waals surface area contributed by atoms with Crippen molar-refractivity contribution in [1.29, 1.82) is 0 Å². The molecule has 1 saturated carbocycles. The molecule has 17 heavy (non-hydrogen) atoms. The summed E-state index contributed by atoms with van der Waals surface area (Å²) in [5, 5.41) is 0. The Balaban J connectivity index is 1.79. The maximum atomic E-state index is 5.18. The highest BCUT2D eigenvalue weighted by Crippen LogP contribution is 2.27. The van der Waals surface area contributed by atoms with E-state index in [2.05, 4.69) is 29.0 Å². The lowest BCUT2D eigenvalue weighted by Crippen LogP contribution is -2.20. The van der Waals surface area contributed by atoms with Crippen LogP contribution >= 0.6 is 0 Å². The third-order valence-electron chi connectivity index (χ3n) is 3.58. The van der Waals surface area contributed by atoms with Gasteiger partial charge in [-0.05, 0) is 23.3 Å². The monoisotopic (exact) mass is 228 g/mol. The van der Waals surface area contributed by atoms with Crippen LogP contribution in [-0.4, -0.2) is 30.5 Å². The lowest BCUT2D eigenvalue weighted by atomic mass is 10.0. The molecule has 1 aromatic rings. The van der Waals surface area contributed by atoms with Gasteiger partial charge in [0, 0.05) is 25.3 Å². The Morgan fingerprint density at radius 3 is 2.47 bits per heavy atom. The zero-order valence-corrected chi connectivity index (χ0v) is 10.2. The van der Waals surface area contributed by atoms with E-state index in [1.807, 2.05) is 12.1 Å². The molecule has 2 aliphatic rings. The number of ether oxygens (including phenoxy) is 1. The van der Waals surface area contributed by atoms with Gasteiger partial charge in [0.2, 0.25) is 0 Å². The maximum absolute atomic E-state index is 5.18. The van der Waals surface area contributed by atoms with Crippen molar-refractivity contribution in [2.75, 3.05) is 13.7 Å². The van der Waals surface area contributed by atoms with Crippen molar-refractivity contribution in [2.45, 2.75) is 25.3 Å². The third kappa shape index (κ3) is 2.26. The van der Waals surface area contributed by atoms with Crippen molar-refractivity contribution in [3.05, 3.63) is 35.9 Å². The highest BCUT2D eigenvalue weighted by Gasteiger charge is 2.33. The molecule has 0 aromatic heterocycles. The zero-order valence-electron chi connectivity index (χ0n) is 10.2. The van der Waals surface area contributed by atoms with E-state index in [4.69, 9.17) is 4.74 Å². The van der Waals surface area contributed by atoms with Gasteiger partial charge < -0.3 is 4.74 Å². The van der Waals surface area contributed by atoms with Crippen molar-refractivity contribution in [1.82, 2.24) is 0 Å². The van der Waals surface area contributed by atoms with E-state index >= 15 is 0 Å². The van der Waals surface area contributed by atoms with E-state index in [0.29, 0.717) is 0 Å². The molecule has 0 unspecified atom stereocenters. The summed E-state index contributed by atoms with van der Waals surface area (Å²) < 4.78 is 7.66. The number of methoxy groups -OCH3 is 1. The Bertz CT molecular complexity index is 466. The summed E-state index contributed by atoms with van der Waals surface area (Å²) in [4.78, 5) is 0. The molecule has 0 amide bonds. The second kappa shape index (κ2) is 4.36. The van der Waals surface area contributed by atoms with Gasteiger partial charge in [-0.15, -0.1) is 0 Å². The molecule has 1 heterocycles. The second-order valence-corrected chi connectivity index (χ2v) is 4.79. The Hall–Kier alpha value is -1.57. The first-order valence-electron chi connectivity index (χ1n) is 6.31. The number of nitrogens with zero attached hydrogens (tertiary/aromatic N) is 1. The van der Waals surface area contributed by atoms with E-state index in [-0.39, 0.29) is 0 Å². The molecule has 0 atom stereocenters. The van der Waals surface area contributed by atoms with Crippen molar-refractivity contribution in [3.63, 3.8) is 0 Å². The Labute approximate surface area is 102 Å². The first kappa shape index (κ1) is 10.6. The molecule has 2 nitrogen and oxygen atoms in total. The number of allylic oxidation sites excluding steroid dienone is 1. The molecule has 0 saturated heterocycles. The minimum Gasteiger partial charge on any atom is -0.497 e. The highest BCUT2D eigenvalue weighted by atomic mass is 16.5. The van der Waals surface area contributed by atoms with Crippen LogP contribution in [0, 0.1) is 0 Å². The minimum atomic E-state index is 0.837. The fourth-order valence-electron chi connectivity index (χ4n) is 2.35. The van der Waals surface area contributed by atoms with Gasteiger partial charge in [-0.3, -0.25) is 0 Å². The van der Waals surface area contributed by atoms with E-state index < -0.39 is 0 Å². The van der Waals surface area contributed by atoms with Gasteiger partial charge >= 0.3 is 0 Å². The van der Waals surface area contributed by atoms with E-state index in [0.717, 1.165) is 18.2 Å². The molecule has 0 N–H and O–H groups in total. The molecule has 1 aliphatic heterocycles. The molecule has 2 heteroatoms. The fraction of sp³-hybridized carbons (Fsp3) is 0.400. The molecule has 1 aliphatic carbocycles. The van der Waals surface area contributed by atoms with Gasteiger partial charge in [-0.2, -0.15) is 0 Å². The summed E-state index contributed by atoms with van der Waals surface area (Å²) >= 11 is 0. The van der Waals surface area contributed by atoms with E-state index in [1.54, 1.807) is 7.11 Å². The van der Waals surface area contributed by atoms with Gasteiger partial charge in [0.05, 0.1) is 7.11 Å². The van der Waals surface area contributed by atoms with Gasteiger partial charge in [0.1, 0.15) is 12.3 Å². The van der Waals surface area contributed by atoms with Crippen LogP contribution in [0.4, 0.5) is 0 Å². The van der Waals surface area contributed by atoms with Gasteiger partial charge in [0.15, 0.2) is 12.3 Å². The first-order valence-corrected chi connectivity index (χ1v) is 6.31. The van der Waals surface area contributed by atoms with Crippen LogP contribution in [-0.2, 0) is 0 Å². The summed E-state index contributed by atoms with van der Waals surface area (Å²) in [6, 6.07) is 9.19. The van der Waals surface area contributed by atoms with Crippen LogP contribution in [0.1, 0.15) is 24.8 Å². The maximum Gasteiger partial charge on any atom is 0.163 e. The molecule has 1 fully saturated rings. The molecular weight excluding hydrogens is 210 g/mol. The smallest absolute Gasteiger partial charge is 0.163 e. The summed E-state index contributed by atoms with van der Waals surface area (Å²) in [6.45, 7) is 1.17.